The largest absolute Gasteiger partial charge is 0.467 e. The zero-order chi connectivity index (χ0) is 17.2. The van der Waals surface area contributed by atoms with Crippen LogP contribution in [0, 0.1) is 5.82 Å². The first-order valence-corrected chi connectivity index (χ1v) is 8.54. The molecule has 0 spiro atoms. The van der Waals surface area contributed by atoms with E-state index in [1.54, 1.807) is 24.3 Å². The summed E-state index contributed by atoms with van der Waals surface area (Å²) in [6.07, 6.45) is 2.22. The van der Waals surface area contributed by atoms with E-state index in [2.05, 4.69) is 15.3 Å². The first-order valence-electron chi connectivity index (χ1n) is 7.66. The van der Waals surface area contributed by atoms with Gasteiger partial charge in [0.2, 0.25) is 0 Å². The number of anilines is 1. The summed E-state index contributed by atoms with van der Waals surface area (Å²) in [5.41, 5.74) is 1.81. The van der Waals surface area contributed by atoms with Gasteiger partial charge in [-0.05, 0) is 29.8 Å². The molecule has 2 N–H and O–H groups in total. The standard InChI is InChI=1S/C18H14FN3O2S/c19-12-5-3-11(4-6-12)13-9-25-18-16(13)17(21-10-22-18)20-8-14(23)15-2-1-7-24-15/h1-7,9-10,14,23H,8H2,(H,20,21,22)/t14-/m0/s1. The van der Waals surface area contributed by atoms with Crippen LogP contribution in [0.4, 0.5) is 10.2 Å². The lowest BCUT2D eigenvalue weighted by molar-refractivity contribution is 0.162. The van der Waals surface area contributed by atoms with E-state index >= 15 is 0 Å². The van der Waals surface area contributed by atoms with Crippen LogP contribution < -0.4 is 5.32 Å². The molecule has 4 aromatic rings. The van der Waals surface area contributed by atoms with Crippen molar-refractivity contribution in [2.24, 2.45) is 0 Å². The topological polar surface area (TPSA) is 71.2 Å². The normalized spacial score (nSPS) is 12.4. The monoisotopic (exact) mass is 355 g/mol. The highest BCUT2D eigenvalue weighted by Crippen LogP contribution is 2.36. The van der Waals surface area contributed by atoms with Crippen LogP contribution in [0.15, 0.2) is 58.8 Å². The Morgan fingerprint density at radius 3 is 2.80 bits per heavy atom. The van der Waals surface area contributed by atoms with E-state index in [1.807, 2.05) is 5.38 Å². The highest BCUT2D eigenvalue weighted by atomic mass is 32.1. The van der Waals surface area contributed by atoms with Crippen LogP contribution >= 0.6 is 11.3 Å². The zero-order valence-electron chi connectivity index (χ0n) is 13.0. The lowest BCUT2D eigenvalue weighted by atomic mass is 10.1. The molecule has 0 aliphatic carbocycles. The second-order valence-electron chi connectivity index (χ2n) is 5.47. The summed E-state index contributed by atoms with van der Waals surface area (Å²) in [7, 11) is 0. The molecule has 1 atom stereocenters. The molecule has 7 heteroatoms. The molecule has 0 aliphatic rings. The Balaban J connectivity index is 1.67. The average Bonchev–Trinajstić information content (AvgIpc) is 3.30. The number of fused-ring (bicyclic) bond motifs is 1. The van der Waals surface area contributed by atoms with Crippen LogP contribution in [-0.4, -0.2) is 21.6 Å². The summed E-state index contributed by atoms with van der Waals surface area (Å²) in [6.45, 7) is 0.248. The minimum Gasteiger partial charge on any atom is -0.467 e. The summed E-state index contributed by atoms with van der Waals surface area (Å²) in [6, 6.07) is 9.76. The first-order chi connectivity index (χ1) is 12.2. The van der Waals surface area contributed by atoms with E-state index in [0.29, 0.717) is 11.6 Å². The van der Waals surface area contributed by atoms with Gasteiger partial charge >= 0.3 is 0 Å². The predicted octanol–water partition coefficient (Wildman–Crippen LogP) is 4.24. The molecule has 4 rings (SSSR count). The smallest absolute Gasteiger partial charge is 0.138 e. The van der Waals surface area contributed by atoms with Gasteiger partial charge in [0.15, 0.2) is 0 Å². The molecule has 126 valence electrons. The molecule has 0 saturated carbocycles. The van der Waals surface area contributed by atoms with Gasteiger partial charge in [0, 0.05) is 17.5 Å². The van der Waals surface area contributed by atoms with E-state index in [-0.39, 0.29) is 12.4 Å². The Hall–Kier alpha value is -2.77. The quantitative estimate of drug-likeness (QED) is 0.560. The molecule has 25 heavy (non-hydrogen) atoms. The van der Waals surface area contributed by atoms with Crippen molar-refractivity contribution in [1.82, 2.24) is 9.97 Å². The van der Waals surface area contributed by atoms with Gasteiger partial charge in [-0.25, -0.2) is 14.4 Å². The molecule has 0 saturated heterocycles. The van der Waals surface area contributed by atoms with Crippen LogP contribution in [0.3, 0.4) is 0 Å². The second-order valence-corrected chi connectivity index (χ2v) is 6.33. The number of nitrogens with zero attached hydrogens (tertiary/aromatic N) is 2. The van der Waals surface area contributed by atoms with E-state index in [4.69, 9.17) is 4.42 Å². The molecule has 5 nitrogen and oxygen atoms in total. The van der Waals surface area contributed by atoms with Gasteiger partial charge in [0.05, 0.1) is 11.6 Å². The molecule has 0 fully saturated rings. The first kappa shape index (κ1) is 15.7. The summed E-state index contributed by atoms with van der Waals surface area (Å²) < 4.78 is 18.4. The van der Waals surface area contributed by atoms with Crippen molar-refractivity contribution in [3.63, 3.8) is 0 Å². The number of aliphatic hydroxyl groups excluding tert-OH is 1. The fraction of sp³-hybridized carbons (Fsp3) is 0.111. The summed E-state index contributed by atoms with van der Waals surface area (Å²) in [4.78, 5) is 9.42. The van der Waals surface area contributed by atoms with Crippen LogP contribution in [0.1, 0.15) is 11.9 Å². The highest BCUT2D eigenvalue weighted by Gasteiger charge is 2.15. The summed E-state index contributed by atoms with van der Waals surface area (Å²) in [5.74, 6) is 0.831. The Morgan fingerprint density at radius 1 is 1.20 bits per heavy atom. The van der Waals surface area contributed by atoms with E-state index in [0.717, 1.165) is 21.3 Å². The Morgan fingerprint density at radius 2 is 2.04 bits per heavy atom. The van der Waals surface area contributed by atoms with E-state index in [1.165, 1.54) is 36.1 Å². The lowest BCUT2D eigenvalue weighted by Crippen LogP contribution is -2.12. The predicted molar refractivity (Wildman–Crippen MR) is 95.0 cm³/mol. The number of benzene rings is 1. The number of hydrogen-bond donors (Lipinski definition) is 2. The number of furan rings is 1. The fourth-order valence-corrected chi connectivity index (χ4v) is 3.54. The molecular formula is C18H14FN3O2S. The maximum absolute atomic E-state index is 13.2. The van der Waals surface area contributed by atoms with Crippen molar-refractivity contribution in [2.45, 2.75) is 6.10 Å². The Kier molecular flexibility index (Phi) is 4.17. The minimum atomic E-state index is -0.784. The minimum absolute atomic E-state index is 0.248. The van der Waals surface area contributed by atoms with Gasteiger partial charge in [-0.15, -0.1) is 11.3 Å². The zero-order valence-corrected chi connectivity index (χ0v) is 13.8. The van der Waals surface area contributed by atoms with Crippen molar-refractivity contribution in [3.8, 4) is 11.1 Å². The number of hydrogen-bond acceptors (Lipinski definition) is 6. The van der Waals surface area contributed by atoms with E-state index in [9.17, 15) is 9.50 Å². The third-order valence-electron chi connectivity index (χ3n) is 3.86. The number of rotatable bonds is 5. The van der Waals surface area contributed by atoms with Gasteiger partial charge < -0.3 is 14.8 Å². The lowest BCUT2D eigenvalue weighted by Gasteiger charge is -2.11. The Labute approximate surface area is 146 Å². The molecule has 0 amide bonds. The van der Waals surface area contributed by atoms with Gasteiger partial charge in [0.1, 0.15) is 34.7 Å². The highest BCUT2D eigenvalue weighted by molar-refractivity contribution is 7.17. The second kappa shape index (κ2) is 6.62. The third kappa shape index (κ3) is 3.11. The van der Waals surface area contributed by atoms with Gasteiger partial charge in [-0.2, -0.15) is 0 Å². The molecule has 0 bridgehead atoms. The van der Waals surface area contributed by atoms with Crippen LogP contribution in [-0.2, 0) is 0 Å². The SMILES string of the molecule is O[C@@H](CNc1ncnc2scc(-c3ccc(F)cc3)c12)c1ccco1. The van der Waals surface area contributed by atoms with Crippen molar-refractivity contribution in [1.29, 1.82) is 0 Å². The van der Waals surface area contributed by atoms with Gasteiger partial charge in [0.25, 0.3) is 0 Å². The molecule has 0 aliphatic heterocycles. The third-order valence-corrected chi connectivity index (χ3v) is 4.75. The summed E-state index contributed by atoms with van der Waals surface area (Å²) >= 11 is 1.49. The van der Waals surface area contributed by atoms with Crippen molar-refractivity contribution >= 4 is 27.4 Å². The maximum Gasteiger partial charge on any atom is 0.138 e. The van der Waals surface area contributed by atoms with Gasteiger partial charge in [-0.1, -0.05) is 12.1 Å². The Bertz CT molecular complexity index is 983. The maximum atomic E-state index is 13.2. The molecule has 3 aromatic heterocycles. The fourth-order valence-electron chi connectivity index (χ4n) is 2.63. The number of aromatic nitrogens is 2. The average molecular weight is 355 g/mol. The summed E-state index contributed by atoms with van der Waals surface area (Å²) in [5, 5.41) is 16.2. The number of nitrogens with one attached hydrogen (secondary N) is 1. The number of halogens is 1. The molecular weight excluding hydrogens is 341 g/mol. The molecule has 0 radical (unpaired) electrons. The van der Waals surface area contributed by atoms with Crippen LogP contribution in [0.5, 0.6) is 0 Å². The van der Waals surface area contributed by atoms with E-state index < -0.39 is 6.10 Å². The van der Waals surface area contributed by atoms with Crippen molar-refractivity contribution < 1.29 is 13.9 Å². The van der Waals surface area contributed by atoms with Gasteiger partial charge in [-0.3, -0.25) is 0 Å². The molecule has 1 aromatic carbocycles. The molecule has 3 heterocycles. The van der Waals surface area contributed by atoms with Crippen molar-refractivity contribution in [3.05, 3.63) is 65.9 Å². The number of aliphatic hydroxyl groups is 1. The molecule has 0 unspecified atom stereocenters. The number of thiophene rings is 1. The van der Waals surface area contributed by atoms with Crippen LogP contribution in [0.25, 0.3) is 21.3 Å². The van der Waals surface area contributed by atoms with Crippen LogP contribution in [0.2, 0.25) is 0 Å². The van der Waals surface area contributed by atoms with Crippen molar-refractivity contribution in [2.75, 3.05) is 11.9 Å².